The van der Waals surface area contributed by atoms with E-state index < -0.39 is 0 Å². The lowest BCUT2D eigenvalue weighted by molar-refractivity contribution is 0.642. The standard InChI is InChI=1S/C9H12N2S/c1-7-5-12-6-9(7)4-11-8(2)3-10/h5-6,8,11H,4H2,1-2H3. The second-order valence-corrected chi connectivity index (χ2v) is 3.56. The molecule has 0 aliphatic carbocycles. The Balaban J connectivity index is 2.44. The largest absolute Gasteiger partial charge is 0.298 e. The summed E-state index contributed by atoms with van der Waals surface area (Å²) >= 11 is 1.70. The molecule has 1 unspecified atom stereocenters. The van der Waals surface area contributed by atoms with Crippen LogP contribution in [0.25, 0.3) is 0 Å². The van der Waals surface area contributed by atoms with Gasteiger partial charge in [0.1, 0.15) is 0 Å². The summed E-state index contributed by atoms with van der Waals surface area (Å²) in [5.74, 6) is 0. The molecule has 2 nitrogen and oxygen atoms in total. The molecule has 3 heteroatoms. The van der Waals surface area contributed by atoms with Gasteiger partial charge in [0.25, 0.3) is 0 Å². The Bertz CT molecular complexity index is 285. The van der Waals surface area contributed by atoms with Crippen LogP contribution in [0.1, 0.15) is 18.1 Å². The van der Waals surface area contributed by atoms with E-state index in [0.717, 1.165) is 6.54 Å². The van der Waals surface area contributed by atoms with Crippen molar-refractivity contribution in [2.24, 2.45) is 0 Å². The monoisotopic (exact) mass is 180 g/mol. The molecule has 0 aliphatic rings. The van der Waals surface area contributed by atoms with E-state index in [1.54, 1.807) is 11.3 Å². The van der Waals surface area contributed by atoms with E-state index in [2.05, 4.69) is 29.1 Å². The highest BCUT2D eigenvalue weighted by molar-refractivity contribution is 7.08. The Hall–Kier alpha value is -0.850. The van der Waals surface area contributed by atoms with Gasteiger partial charge in [-0.2, -0.15) is 16.6 Å². The van der Waals surface area contributed by atoms with Crippen molar-refractivity contribution in [3.8, 4) is 6.07 Å². The number of rotatable bonds is 3. The van der Waals surface area contributed by atoms with Gasteiger partial charge in [-0.15, -0.1) is 0 Å². The quantitative estimate of drug-likeness (QED) is 0.772. The molecular formula is C9H12N2S. The Morgan fingerprint density at radius 2 is 2.42 bits per heavy atom. The van der Waals surface area contributed by atoms with Crippen molar-refractivity contribution in [2.75, 3.05) is 0 Å². The summed E-state index contributed by atoms with van der Waals surface area (Å²) in [6, 6.07) is 2.07. The summed E-state index contributed by atoms with van der Waals surface area (Å²) in [5.41, 5.74) is 2.60. The van der Waals surface area contributed by atoms with E-state index in [1.165, 1.54) is 11.1 Å². The maximum atomic E-state index is 8.52. The SMILES string of the molecule is Cc1cscc1CNC(C)C#N. The lowest BCUT2D eigenvalue weighted by Gasteiger charge is -2.04. The highest BCUT2D eigenvalue weighted by Gasteiger charge is 2.01. The zero-order valence-corrected chi connectivity index (χ0v) is 8.11. The number of nitrogens with one attached hydrogen (secondary N) is 1. The highest BCUT2D eigenvalue weighted by atomic mass is 32.1. The molecular weight excluding hydrogens is 168 g/mol. The van der Waals surface area contributed by atoms with E-state index in [1.807, 2.05) is 6.92 Å². The average molecular weight is 180 g/mol. The van der Waals surface area contributed by atoms with Gasteiger partial charge in [0.15, 0.2) is 0 Å². The van der Waals surface area contributed by atoms with Crippen LogP contribution in [-0.2, 0) is 6.54 Å². The minimum Gasteiger partial charge on any atom is -0.298 e. The zero-order chi connectivity index (χ0) is 8.97. The van der Waals surface area contributed by atoms with Crippen molar-refractivity contribution in [1.82, 2.24) is 5.32 Å². The predicted octanol–water partition coefficient (Wildman–Crippen LogP) is 2.06. The Morgan fingerprint density at radius 3 is 2.92 bits per heavy atom. The van der Waals surface area contributed by atoms with Crippen molar-refractivity contribution in [3.05, 3.63) is 21.9 Å². The van der Waals surface area contributed by atoms with E-state index in [9.17, 15) is 0 Å². The molecule has 1 heterocycles. The maximum absolute atomic E-state index is 8.52. The molecule has 0 amide bonds. The third-order valence-corrected chi connectivity index (χ3v) is 2.66. The van der Waals surface area contributed by atoms with E-state index in [0.29, 0.717) is 0 Å². The molecule has 0 aliphatic heterocycles. The van der Waals surface area contributed by atoms with Gasteiger partial charge in [0, 0.05) is 6.54 Å². The first-order valence-electron chi connectivity index (χ1n) is 3.88. The minimum absolute atomic E-state index is 0.0655. The topological polar surface area (TPSA) is 35.8 Å². The van der Waals surface area contributed by atoms with Crippen LogP contribution in [0.2, 0.25) is 0 Å². The van der Waals surface area contributed by atoms with Gasteiger partial charge in [-0.3, -0.25) is 5.32 Å². The normalized spacial score (nSPS) is 12.4. The van der Waals surface area contributed by atoms with Gasteiger partial charge in [-0.1, -0.05) is 0 Å². The summed E-state index contributed by atoms with van der Waals surface area (Å²) in [6.45, 7) is 4.75. The molecule has 1 rings (SSSR count). The Labute approximate surface area is 76.8 Å². The fraction of sp³-hybridized carbons (Fsp3) is 0.444. The fourth-order valence-corrected chi connectivity index (χ4v) is 1.73. The molecule has 1 atom stereocenters. The first-order chi connectivity index (χ1) is 5.74. The molecule has 1 aromatic rings. The molecule has 64 valence electrons. The van der Waals surface area contributed by atoms with E-state index in [-0.39, 0.29) is 6.04 Å². The lowest BCUT2D eigenvalue weighted by Crippen LogP contribution is -2.23. The van der Waals surface area contributed by atoms with E-state index in [4.69, 9.17) is 5.26 Å². The molecule has 0 saturated carbocycles. The first-order valence-corrected chi connectivity index (χ1v) is 4.83. The van der Waals surface area contributed by atoms with E-state index >= 15 is 0 Å². The van der Waals surface area contributed by atoms with Crippen LogP contribution in [0.5, 0.6) is 0 Å². The molecule has 1 aromatic heterocycles. The molecule has 12 heavy (non-hydrogen) atoms. The highest BCUT2D eigenvalue weighted by Crippen LogP contribution is 2.12. The second-order valence-electron chi connectivity index (χ2n) is 2.81. The van der Waals surface area contributed by atoms with Crippen LogP contribution in [-0.4, -0.2) is 6.04 Å². The molecule has 0 aromatic carbocycles. The van der Waals surface area contributed by atoms with Gasteiger partial charge in [-0.25, -0.2) is 0 Å². The third-order valence-electron chi connectivity index (χ3n) is 1.75. The number of nitriles is 1. The Kier molecular flexibility index (Phi) is 3.27. The van der Waals surface area contributed by atoms with Gasteiger partial charge in [0.05, 0.1) is 12.1 Å². The van der Waals surface area contributed by atoms with Crippen LogP contribution in [0.4, 0.5) is 0 Å². The van der Waals surface area contributed by atoms with Crippen LogP contribution in [0.15, 0.2) is 10.8 Å². The van der Waals surface area contributed by atoms with Gasteiger partial charge in [0.2, 0.25) is 0 Å². The van der Waals surface area contributed by atoms with Crippen LogP contribution >= 0.6 is 11.3 Å². The Morgan fingerprint density at radius 1 is 1.67 bits per heavy atom. The number of thiophene rings is 1. The molecule has 0 saturated heterocycles. The molecule has 0 radical (unpaired) electrons. The number of aryl methyl sites for hydroxylation is 1. The summed E-state index contributed by atoms with van der Waals surface area (Å²) in [6.07, 6.45) is 0. The first kappa shape index (κ1) is 9.24. The average Bonchev–Trinajstić information content (AvgIpc) is 2.47. The minimum atomic E-state index is -0.0655. The maximum Gasteiger partial charge on any atom is 0.0927 e. The molecule has 0 bridgehead atoms. The summed E-state index contributed by atoms with van der Waals surface area (Å²) < 4.78 is 0. The van der Waals surface area contributed by atoms with Gasteiger partial charge in [-0.05, 0) is 35.7 Å². The fourth-order valence-electron chi connectivity index (χ4n) is 0.877. The van der Waals surface area contributed by atoms with Crippen molar-refractivity contribution >= 4 is 11.3 Å². The summed E-state index contributed by atoms with van der Waals surface area (Å²) in [4.78, 5) is 0. The van der Waals surface area contributed by atoms with Gasteiger partial charge >= 0.3 is 0 Å². The van der Waals surface area contributed by atoms with Gasteiger partial charge < -0.3 is 0 Å². The number of nitrogens with zero attached hydrogens (tertiary/aromatic N) is 1. The summed E-state index contributed by atoms with van der Waals surface area (Å²) in [5, 5.41) is 15.9. The molecule has 1 N–H and O–H groups in total. The lowest BCUT2D eigenvalue weighted by atomic mass is 10.2. The predicted molar refractivity (Wildman–Crippen MR) is 51.0 cm³/mol. The van der Waals surface area contributed by atoms with Crippen molar-refractivity contribution in [1.29, 1.82) is 5.26 Å². The van der Waals surface area contributed by atoms with Crippen LogP contribution < -0.4 is 5.32 Å². The smallest absolute Gasteiger partial charge is 0.0927 e. The van der Waals surface area contributed by atoms with Crippen molar-refractivity contribution < 1.29 is 0 Å². The van der Waals surface area contributed by atoms with Crippen molar-refractivity contribution in [3.63, 3.8) is 0 Å². The van der Waals surface area contributed by atoms with Crippen LogP contribution in [0, 0.1) is 18.3 Å². The van der Waals surface area contributed by atoms with Crippen molar-refractivity contribution in [2.45, 2.75) is 26.4 Å². The van der Waals surface area contributed by atoms with Crippen LogP contribution in [0.3, 0.4) is 0 Å². The molecule has 0 fully saturated rings. The summed E-state index contributed by atoms with van der Waals surface area (Å²) in [7, 11) is 0. The number of hydrogen-bond donors (Lipinski definition) is 1. The third kappa shape index (κ3) is 2.33. The number of hydrogen-bond acceptors (Lipinski definition) is 3. The second kappa shape index (κ2) is 4.24. The molecule has 0 spiro atoms. The zero-order valence-electron chi connectivity index (χ0n) is 7.29.